The van der Waals surface area contributed by atoms with Crippen molar-refractivity contribution in [2.45, 2.75) is 32.2 Å². The standard InChI is InChI=1S/C19H21ClN2OS/c1-12-2-5-16(15(20)10-12)21-18(23)11-22-8-6-17-14(7-9-24-17)19(22)13-3-4-13/h2,5,7,9-10,13,19H,3-4,6,8,11H2,1H3,(H,21,23)/p+1/t19-/m0/s1. The summed E-state index contributed by atoms with van der Waals surface area (Å²) in [7, 11) is 0. The maximum absolute atomic E-state index is 12.6. The van der Waals surface area contributed by atoms with E-state index in [2.05, 4.69) is 16.8 Å². The van der Waals surface area contributed by atoms with Crippen LogP contribution in [0.1, 0.15) is 34.9 Å². The zero-order valence-electron chi connectivity index (χ0n) is 13.8. The van der Waals surface area contributed by atoms with Crippen LogP contribution >= 0.6 is 22.9 Å². The van der Waals surface area contributed by atoms with E-state index in [9.17, 15) is 4.79 Å². The molecule has 0 saturated heterocycles. The fourth-order valence-corrected chi connectivity index (χ4v) is 5.03. The molecule has 1 aliphatic carbocycles. The Balaban J connectivity index is 1.47. The van der Waals surface area contributed by atoms with Gasteiger partial charge in [0.15, 0.2) is 6.54 Å². The van der Waals surface area contributed by atoms with Crippen molar-refractivity contribution in [2.24, 2.45) is 5.92 Å². The van der Waals surface area contributed by atoms with E-state index in [-0.39, 0.29) is 5.91 Å². The number of hydrogen-bond donors (Lipinski definition) is 2. The second-order valence-corrected chi connectivity index (χ2v) is 8.39. The monoisotopic (exact) mass is 361 g/mol. The number of rotatable bonds is 4. The van der Waals surface area contributed by atoms with E-state index in [0.717, 1.165) is 24.4 Å². The Morgan fingerprint density at radius 3 is 2.96 bits per heavy atom. The molecule has 2 heterocycles. The van der Waals surface area contributed by atoms with Gasteiger partial charge in [-0.15, -0.1) is 11.3 Å². The fourth-order valence-electron chi connectivity index (χ4n) is 3.82. The summed E-state index contributed by atoms with van der Waals surface area (Å²) in [5, 5.41) is 5.80. The Kier molecular flexibility index (Phi) is 4.37. The first kappa shape index (κ1) is 16.1. The number of halogens is 1. The van der Waals surface area contributed by atoms with E-state index >= 15 is 0 Å². The maximum Gasteiger partial charge on any atom is 0.279 e. The van der Waals surface area contributed by atoms with Gasteiger partial charge in [-0.25, -0.2) is 0 Å². The van der Waals surface area contributed by atoms with Gasteiger partial charge in [0, 0.05) is 22.8 Å². The van der Waals surface area contributed by atoms with Gasteiger partial charge in [-0.2, -0.15) is 0 Å². The summed E-state index contributed by atoms with van der Waals surface area (Å²) >= 11 is 8.11. The predicted molar refractivity (Wildman–Crippen MR) is 99.0 cm³/mol. The van der Waals surface area contributed by atoms with Gasteiger partial charge in [0.05, 0.1) is 17.3 Å². The van der Waals surface area contributed by atoms with Crippen molar-refractivity contribution in [2.75, 3.05) is 18.4 Å². The second kappa shape index (κ2) is 6.51. The molecule has 126 valence electrons. The second-order valence-electron chi connectivity index (χ2n) is 6.98. The third-order valence-corrected chi connectivity index (χ3v) is 6.42. The van der Waals surface area contributed by atoms with Gasteiger partial charge in [-0.3, -0.25) is 4.79 Å². The molecule has 24 heavy (non-hydrogen) atoms. The number of hydrogen-bond acceptors (Lipinski definition) is 2. The molecule has 2 N–H and O–H groups in total. The van der Waals surface area contributed by atoms with Crippen LogP contribution in [-0.2, 0) is 11.2 Å². The zero-order valence-corrected chi connectivity index (χ0v) is 15.3. The summed E-state index contributed by atoms with van der Waals surface area (Å²) < 4.78 is 0. The minimum Gasteiger partial charge on any atom is -0.320 e. The highest BCUT2D eigenvalue weighted by atomic mass is 35.5. The number of fused-ring (bicyclic) bond motifs is 1. The molecule has 1 amide bonds. The number of carbonyl (C=O) groups is 1. The summed E-state index contributed by atoms with van der Waals surface area (Å²) in [5.41, 5.74) is 3.30. The van der Waals surface area contributed by atoms with Gasteiger partial charge in [0.25, 0.3) is 5.91 Å². The smallest absolute Gasteiger partial charge is 0.279 e. The highest BCUT2D eigenvalue weighted by molar-refractivity contribution is 7.10. The van der Waals surface area contributed by atoms with E-state index in [4.69, 9.17) is 11.6 Å². The van der Waals surface area contributed by atoms with Crippen molar-refractivity contribution in [3.63, 3.8) is 0 Å². The summed E-state index contributed by atoms with van der Waals surface area (Å²) in [6, 6.07) is 8.52. The summed E-state index contributed by atoms with van der Waals surface area (Å²) in [4.78, 5) is 15.5. The fraction of sp³-hybridized carbons (Fsp3) is 0.421. The Labute approximate surface area is 151 Å². The molecule has 0 spiro atoms. The topological polar surface area (TPSA) is 33.5 Å². The molecule has 1 aromatic heterocycles. The highest BCUT2D eigenvalue weighted by Crippen LogP contribution is 2.42. The molecule has 1 aromatic carbocycles. The lowest BCUT2D eigenvalue weighted by Crippen LogP contribution is -3.14. The van der Waals surface area contributed by atoms with Crippen molar-refractivity contribution in [3.05, 3.63) is 50.7 Å². The normalized spacial score (nSPS) is 22.9. The van der Waals surface area contributed by atoms with Crippen LogP contribution in [-0.4, -0.2) is 19.0 Å². The van der Waals surface area contributed by atoms with Crippen molar-refractivity contribution >= 4 is 34.5 Å². The number of carbonyl (C=O) groups excluding carboxylic acids is 1. The number of quaternary nitrogens is 1. The van der Waals surface area contributed by atoms with Crippen LogP contribution in [0.25, 0.3) is 0 Å². The Morgan fingerprint density at radius 1 is 1.38 bits per heavy atom. The van der Waals surface area contributed by atoms with Crippen molar-refractivity contribution < 1.29 is 9.69 Å². The molecule has 3 nitrogen and oxygen atoms in total. The predicted octanol–water partition coefficient (Wildman–Crippen LogP) is 3.24. The lowest BCUT2D eigenvalue weighted by atomic mass is 9.96. The maximum atomic E-state index is 12.6. The number of anilines is 1. The lowest BCUT2D eigenvalue weighted by Gasteiger charge is -2.32. The van der Waals surface area contributed by atoms with Crippen LogP contribution in [0.4, 0.5) is 5.69 Å². The molecule has 1 unspecified atom stereocenters. The van der Waals surface area contributed by atoms with E-state index in [1.54, 1.807) is 0 Å². The minimum atomic E-state index is 0.0556. The Morgan fingerprint density at radius 2 is 2.21 bits per heavy atom. The van der Waals surface area contributed by atoms with Crippen LogP contribution in [0, 0.1) is 12.8 Å². The largest absolute Gasteiger partial charge is 0.320 e. The third kappa shape index (κ3) is 3.23. The van der Waals surface area contributed by atoms with E-state index in [1.165, 1.54) is 28.2 Å². The molecule has 2 atom stereocenters. The Bertz CT molecular complexity index is 768. The van der Waals surface area contributed by atoms with Crippen LogP contribution in [0.15, 0.2) is 29.6 Å². The first-order chi connectivity index (χ1) is 11.6. The zero-order chi connectivity index (χ0) is 16.7. The third-order valence-electron chi connectivity index (χ3n) is 5.11. The molecule has 2 aromatic rings. The number of amides is 1. The minimum absolute atomic E-state index is 0.0556. The van der Waals surface area contributed by atoms with E-state index < -0.39 is 0 Å². The van der Waals surface area contributed by atoms with E-state index in [0.29, 0.717) is 23.3 Å². The molecule has 0 radical (unpaired) electrons. The van der Waals surface area contributed by atoms with Gasteiger partial charge < -0.3 is 10.2 Å². The highest BCUT2D eigenvalue weighted by Gasteiger charge is 2.43. The van der Waals surface area contributed by atoms with Gasteiger partial charge in [0.1, 0.15) is 6.04 Å². The summed E-state index contributed by atoms with van der Waals surface area (Å²) in [6.07, 6.45) is 3.69. The van der Waals surface area contributed by atoms with Crippen LogP contribution in [0.5, 0.6) is 0 Å². The van der Waals surface area contributed by atoms with Crippen molar-refractivity contribution in [1.29, 1.82) is 0 Å². The Hall–Kier alpha value is -1.36. The molecule has 2 aliphatic rings. The quantitative estimate of drug-likeness (QED) is 0.861. The first-order valence-electron chi connectivity index (χ1n) is 8.58. The lowest BCUT2D eigenvalue weighted by molar-refractivity contribution is -0.928. The summed E-state index contributed by atoms with van der Waals surface area (Å²) in [6.45, 7) is 3.55. The molecule has 1 aliphatic heterocycles. The average molecular weight is 362 g/mol. The number of benzene rings is 1. The van der Waals surface area contributed by atoms with Crippen LogP contribution < -0.4 is 10.2 Å². The average Bonchev–Trinajstić information content (AvgIpc) is 3.26. The SMILES string of the molecule is Cc1ccc(NC(=O)C[NH+]2CCc3sccc3[C@@H]2C2CC2)c(Cl)c1. The summed E-state index contributed by atoms with van der Waals surface area (Å²) in [5.74, 6) is 0.810. The number of nitrogens with one attached hydrogen (secondary N) is 2. The molecule has 1 fully saturated rings. The van der Waals surface area contributed by atoms with Crippen LogP contribution in [0.3, 0.4) is 0 Å². The van der Waals surface area contributed by atoms with Gasteiger partial charge in [0.2, 0.25) is 0 Å². The molecule has 0 bridgehead atoms. The van der Waals surface area contributed by atoms with Crippen molar-refractivity contribution in [1.82, 2.24) is 0 Å². The van der Waals surface area contributed by atoms with Gasteiger partial charge >= 0.3 is 0 Å². The molecule has 5 heteroatoms. The first-order valence-corrected chi connectivity index (χ1v) is 9.84. The van der Waals surface area contributed by atoms with Gasteiger partial charge in [-0.05, 0) is 48.9 Å². The molecular formula is C19H22ClN2OS+. The van der Waals surface area contributed by atoms with Gasteiger partial charge in [-0.1, -0.05) is 17.7 Å². The van der Waals surface area contributed by atoms with Crippen molar-refractivity contribution in [3.8, 4) is 0 Å². The number of aryl methyl sites for hydroxylation is 1. The van der Waals surface area contributed by atoms with Crippen LogP contribution in [0.2, 0.25) is 5.02 Å². The molecule has 1 saturated carbocycles. The molecule has 4 rings (SSSR count). The van der Waals surface area contributed by atoms with E-state index in [1.807, 2.05) is 36.5 Å². The molecular weight excluding hydrogens is 340 g/mol. The number of thiophene rings is 1.